The summed E-state index contributed by atoms with van der Waals surface area (Å²) in [6.45, 7) is 3.52. The van der Waals surface area contributed by atoms with Gasteiger partial charge in [-0.05, 0) is 44.7 Å². The molecule has 2 heterocycles. The number of hydrogen-bond acceptors (Lipinski definition) is 5. The van der Waals surface area contributed by atoms with Gasteiger partial charge >= 0.3 is 0 Å². The van der Waals surface area contributed by atoms with Crippen molar-refractivity contribution < 1.29 is 0 Å². The number of piperidine rings is 1. The zero-order valence-electron chi connectivity index (χ0n) is 9.43. The van der Waals surface area contributed by atoms with E-state index in [1.165, 1.54) is 38.8 Å². The molecule has 1 aliphatic carbocycles. The lowest BCUT2D eigenvalue weighted by molar-refractivity contribution is 0.375. The maximum Gasteiger partial charge on any atom is 0.208 e. The van der Waals surface area contributed by atoms with Gasteiger partial charge in [0.05, 0.1) is 0 Å². The standard InChI is InChI=1S/C11H18N4S/c1-2-9(6-12-5-1)7-15(10-3-4-10)11-14-13-8-16-11/h8-10,12H,1-7H2. The van der Waals surface area contributed by atoms with Crippen molar-refractivity contribution in [1.29, 1.82) is 0 Å². The van der Waals surface area contributed by atoms with E-state index in [9.17, 15) is 0 Å². The van der Waals surface area contributed by atoms with E-state index >= 15 is 0 Å². The van der Waals surface area contributed by atoms with Crippen LogP contribution in [-0.4, -0.2) is 35.9 Å². The predicted molar refractivity (Wildman–Crippen MR) is 65.9 cm³/mol. The van der Waals surface area contributed by atoms with Crippen LogP contribution in [0.5, 0.6) is 0 Å². The summed E-state index contributed by atoms with van der Waals surface area (Å²) in [4.78, 5) is 2.48. The van der Waals surface area contributed by atoms with E-state index in [1.54, 1.807) is 11.3 Å². The Morgan fingerprint density at radius 1 is 1.44 bits per heavy atom. The minimum atomic E-state index is 0.745. The number of hydrogen-bond donors (Lipinski definition) is 1. The molecule has 1 aromatic heterocycles. The van der Waals surface area contributed by atoms with Crippen LogP contribution in [0.25, 0.3) is 0 Å². The van der Waals surface area contributed by atoms with E-state index in [4.69, 9.17) is 0 Å². The molecular weight excluding hydrogens is 220 g/mol. The summed E-state index contributed by atoms with van der Waals surface area (Å²) in [7, 11) is 0. The molecule has 2 aliphatic rings. The van der Waals surface area contributed by atoms with Crippen molar-refractivity contribution in [2.75, 3.05) is 24.5 Å². The Labute approximate surface area is 100 Å². The van der Waals surface area contributed by atoms with E-state index in [0.29, 0.717) is 0 Å². The third kappa shape index (κ3) is 2.35. The Hall–Kier alpha value is -0.680. The van der Waals surface area contributed by atoms with E-state index in [1.807, 2.05) is 5.51 Å². The fraction of sp³-hybridized carbons (Fsp3) is 0.818. The number of anilines is 1. The first-order chi connectivity index (χ1) is 7.93. The summed E-state index contributed by atoms with van der Waals surface area (Å²) in [5.74, 6) is 0.790. The third-order valence-corrected chi connectivity index (χ3v) is 4.16. The SMILES string of the molecule is c1nnc(N(CC2CCCNC2)C2CC2)s1. The van der Waals surface area contributed by atoms with Crippen LogP contribution in [0, 0.1) is 5.92 Å². The molecule has 0 radical (unpaired) electrons. The molecule has 0 spiro atoms. The maximum atomic E-state index is 4.22. The summed E-state index contributed by atoms with van der Waals surface area (Å²) >= 11 is 1.67. The monoisotopic (exact) mass is 238 g/mol. The van der Waals surface area contributed by atoms with Crippen LogP contribution in [-0.2, 0) is 0 Å². The molecule has 16 heavy (non-hydrogen) atoms. The van der Waals surface area contributed by atoms with Crippen LogP contribution in [0.2, 0.25) is 0 Å². The van der Waals surface area contributed by atoms with Gasteiger partial charge in [-0.25, -0.2) is 0 Å². The highest BCUT2D eigenvalue weighted by atomic mass is 32.1. The number of nitrogens with zero attached hydrogens (tertiary/aromatic N) is 3. The zero-order valence-corrected chi connectivity index (χ0v) is 10.2. The van der Waals surface area contributed by atoms with E-state index in [2.05, 4.69) is 20.4 Å². The molecule has 0 amide bonds. The van der Waals surface area contributed by atoms with Crippen LogP contribution in [0.15, 0.2) is 5.51 Å². The van der Waals surface area contributed by atoms with Crippen molar-refractivity contribution in [2.24, 2.45) is 5.92 Å². The van der Waals surface area contributed by atoms with Crippen molar-refractivity contribution in [3.8, 4) is 0 Å². The van der Waals surface area contributed by atoms with Crippen molar-refractivity contribution in [2.45, 2.75) is 31.7 Å². The fourth-order valence-electron chi connectivity index (χ4n) is 2.42. The van der Waals surface area contributed by atoms with Crippen molar-refractivity contribution >= 4 is 16.5 Å². The summed E-state index contributed by atoms with van der Waals surface area (Å²) in [5, 5.41) is 12.8. The highest BCUT2D eigenvalue weighted by Gasteiger charge is 2.32. The highest BCUT2D eigenvalue weighted by Crippen LogP contribution is 2.33. The molecule has 4 nitrogen and oxygen atoms in total. The third-order valence-electron chi connectivity index (χ3n) is 3.44. The molecule has 1 atom stereocenters. The Balaban J connectivity index is 1.64. The minimum Gasteiger partial charge on any atom is -0.343 e. The summed E-state index contributed by atoms with van der Waals surface area (Å²) < 4.78 is 0. The molecule has 0 bridgehead atoms. The molecule has 1 N–H and O–H groups in total. The second kappa shape index (κ2) is 4.67. The topological polar surface area (TPSA) is 41.1 Å². The Bertz CT molecular complexity index is 317. The first kappa shape index (κ1) is 10.5. The molecule has 1 saturated heterocycles. The van der Waals surface area contributed by atoms with Crippen LogP contribution >= 0.6 is 11.3 Å². The van der Waals surface area contributed by atoms with Gasteiger partial charge in [-0.2, -0.15) is 0 Å². The number of rotatable bonds is 4. The van der Waals surface area contributed by atoms with Crippen molar-refractivity contribution in [3.05, 3.63) is 5.51 Å². The van der Waals surface area contributed by atoms with Gasteiger partial charge in [0.1, 0.15) is 5.51 Å². The van der Waals surface area contributed by atoms with Gasteiger partial charge in [0.15, 0.2) is 0 Å². The van der Waals surface area contributed by atoms with Crippen molar-refractivity contribution in [3.63, 3.8) is 0 Å². The average Bonchev–Trinajstić information content (AvgIpc) is 3.02. The van der Waals surface area contributed by atoms with Gasteiger partial charge in [0.25, 0.3) is 0 Å². The molecular formula is C11H18N4S. The fourth-order valence-corrected chi connectivity index (χ4v) is 3.06. The van der Waals surface area contributed by atoms with E-state index in [0.717, 1.165) is 23.6 Å². The molecule has 2 fully saturated rings. The lowest BCUT2D eigenvalue weighted by Crippen LogP contribution is -2.39. The second-order valence-corrected chi connectivity index (χ2v) is 5.63. The average molecular weight is 238 g/mol. The highest BCUT2D eigenvalue weighted by molar-refractivity contribution is 7.13. The normalized spacial score (nSPS) is 25.6. The Morgan fingerprint density at radius 3 is 3.00 bits per heavy atom. The van der Waals surface area contributed by atoms with Crippen LogP contribution in [0.1, 0.15) is 25.7 Å². The summed E-state index contributed by atoms with van der Waals surface area (Å²) in [6.07, 6.45) is 5.34. The van der Waals surface area contributed by atoms with Crippen LogP contribution in [0.3, 0.4) is 0 Å². The second-order valence-electron chi connectivity index (χ2n) is 4.82. The molecule has 1 aliphatic heterocycles. The first-order valence-corrected chi connectivity index (χ1v) is 7.05. The first-order valence-electron chi connectivity index (χ1n) is 6.17. The Kier molecular flexibility index (Phi) is 3.06. The van der Waals surface area contributed by atoms with Crippen LogP contribution in [0.4, 0.5) is 5.13 Å². The van der Waals surface area contributed by atoms with Crippen molar-refractivity contribution in [1.82, 2.24) is 15.5 Å². The summed E-state index contributed by atoms with van der Waals surface area (Å²) in [5.41, 5.74) is 1.84. The maximum absolute atomic E-state index is 4.22. The van der Waals surface area contributed by atoms with Gasteiger partial charge < -0.3 is 10.2 Å². The number of aromatic nitrogens is 2. The van der Waals surface area contributed by atoms with Crippen LogP contribution < -0.4 is 10.2 Å². The van der Waals surface area contributed by atoms with E-state index in [-0.39, 0.29) is 0 Å². The Morgan fingerprint density at radius 2 is 2.38 bits per heavy atom. The lowest BCUT2D eigenvalue weighted by Gasteiger charge is -2.29. The van der Waals surface area contributed by atoms with E-state index < -0.39 is 0 Å². The molecule has 1 saturated carbocycles. The predicted octanol–water partition coefficient (Wildman–Crippen LogP) is 1.51. The minimum absolute atomic E-state index is 0.745. The molecule has 0 aromatic carbocycles. The van der Waals surface area contributed by atoms with Gasteiger partial charge in [0.2, 0.25) is 5.13 Å². The smallest absolute Gasteiger partial charge is 0.208 e. The summed E-state index contributed by atoms with van der Waals surface area (Å²) in [6, 6.07) is 0.745. The number of nitrogens with one attached hydrogen (secondary N) is 1. The van der Waals surface area contributed by atoms with Gasteiger partial charge in [-0.15, -0.1) is 10.2 Å². The molecule has 1 unspecified atom stereocenters. The zero-order chi connectivity index (χ0) is 10.8. The lowest BCUT2D eigenvalue weighted by atomic mass is 9.99. The molecule has 5 heteroatoms. The molecule has 88 valence electrons. The van der Waals surface area contributed by atoms with Gasteiger partial charge in [-0.1, -0.05) is 11.3 Å². The van der Waals surface area contributed by atoms with Gasteiger partial charge in [-0.3, -0.25) is 0 Å². The largest absolute Gasteiger partial charge is 0.343 e. The molecule has 3 rings (SSSR count). The van der Waals surface area contributed by atoms with Gasteiger partial charge in [0, 0.05) is 12.6 Å². The molecule has 1 aromatic rings. The quantitative estimate of drug-likeness (QED) is 0.863.